The molecule has 0 N–H and O–H groups in total. The number of aromatic nitrogens is 3. The van der Waals surface area contributed by atoms with Gasteiger partial charge in [0.15, 0.2) is 5.01 Å². The van der Waals surface area contributed by atoms with Crippen LogP contribution < -0.4 is 0 Å². The fourth-order valence-electron chi connectivity index (χ4n) is 1.70. The maximum Gasteiger partial charge on any atom is 0.450 e. The van der Waals surface area contributed by atoms with Crippen LogP contribution >= 0.6 is 11.3 Å². The zero-order chi connectivity index (χ0) is 13.9. The molecule has 0 saturated carbocycles. The highest BCUT2D eigenvalue weighted by Gasteiger charge is 2.12. The Morgan fingerprint density at radius 1 is 1.10 bits per heavy atom. The lowest BCUT2D eigenvalue weighted by Gasteiger charge is -1.97. The van der Waals surface area contributed by atoms with Gasteiger partial charge in [-0.25, -0.2) is 4.98 Å². The summed E-state index contributed by atoms with van der Waals surface area (Å²) in [6, 6.07) is 11.7. The van der Waals surface area contributed by atoms with Gasteiger partial charge in [-0.05, 0) is 45.6 Å². The van der Waals surface area contributed by atoms with Crippen LogP contribution in [0.1, 0.15) is 10.7 Å². The molecule has 3 rings (SSSR count). The largest absolute Gasteiger partial charge is 0.450 e. The second-order valence-electron chi connectivity index (χ2n) is 3.94. The van der Waals surface area contributed by atoms with Crippen LogP contribution in [0.3, 0.4) is 0 Å². The minimum atomic E-state index is -0.552. The van der Waals surface area contributed by atoms with Crippen molar-refractivity contribution in [1.82, 2.24) is 15.2 Å². The lowest BCUT2D eigenvalue weighted by atomic mass is 10.2. The van der Waals surface area contributed by atoms with Crippen molar-refractivity contribution in [3.05, 3.63) is 57.2 Å². The van der Waals surface area contributed by atoms with Crippen LogP contribution in [0, 0.1) is 10.1 Å². The van der Waals surface area contributed by atoms with Crippen molar-refractivity contribution in [2.24, 2.45) is 0 Å². The van der Waals surface area contributed by atoms with E-state index in [1.165, 1.54) is 0 Å². The number of hydrogen-bond donors (Lipinski definition) is 0. The van der Waals surface area contributed by atoms with Crippen molar-refractivity contribution in [3.8, 4) is 0 Å². The number of nitro groups is 1. The highest BCUT2D eigenvalue weighted by molar-refractivity contribution is 7.15. The van der Waals surface area contributed by atoms with Crippen LogP contribution in [0.5, 0.6) is 0 Å². The topological polar surface area (TPSA) is 81.8 Å². The summed E-state index contributed by atoms with van der Waals surface area (Å²) in [7, 11) is 0. The monoisotopic (exact) mass is 284 g/mol. The summed E-state index contributed by atoms with van der Waals surface area (Å²) in [5.41, 5.74) is 1.67. The Morgan fingerprint density at radius 2 is 1.95 bits per heavy atom. The second kappa shape index (κ2) is 5.14. The lowest BCUT2D eigenvalue weighted by Crippen LogP contribution is -1.84. The fourth-order valence-corrected chi connectivity index (χ4v) is 2.26. The molecule has 3 aromatic rings. The van der Waals surface area contributed by atoms with Crippen LogP contribution in [0.4, 0.5) is 5.13 Å². The van der Waals surface area contributed by atoms with Gasteiger partial charge >= 0.3 is 5.13 Å². The number of benzene rings is 1. The molecule has 0 unspecified atom stereocenters. The number of fused-ring (bicyclic) bond motifs is 1. The molecule has 0 atom stereocenters. The molecule has 1 aromatic carbocycles. The smallest absolute Gasteiger partial charge is 0.357 e. The molecule has 0 amide bonds. The van der Waals surface area contributed by atoms with Crippen molar-refractivity contribution in [2.75, 3.05) is 0 Å². The van der Waals surface area contributed by atoms with E-state index in [1.54, 1.807) is 12.2 Å². The SMILES string of the molecule is O=[N+]([O-])c1nnc(C=Cc2ccc3ccccc3n2)s1. The van der Waals surface area contributed by atoms with Gasteiger partial charge in [-0.15, -0.1) is 0 Å². The predicted molar refractivity (Wildman–Crippen MR) is 77.2 cm³/mol. The third-order valence-electron chi connectivity index (χ3n) is 2.60. The Morgan fingerprint density at radius 3 is 2.75 bits per heavy atom. The van der Waals surface area contributed by atoms with E-state index in [-0.39, 0.29) is 5.13 Å². The zero-order valence-electron chi connectivity index (χ0n) is 10.1. The first-order valence-electron chi connectivity index (χ1n) is 5.74. The van der Waals surface area contributed by atoms with Crippen LogP contribution in [-0.2, 0) is 0 Å². The molecule has 2 aromatic heterocycles. The van der Waals surface area contributed by atoms with Gasteiger partial charge in [-0.3, -0.25) is 0 Å². The Labute approximate surface area is 117 Å². The average Bonchev–Trinajstić information content (AvgIpc) is 2.94. The Hall–Kier alpha value is -2.67. The molecule has 0 radical (unpaired) electrons. The summed E-state index contributed by atoms with van der Waals surface area (Å²) in [4.78, 5) is 14.4. The molecule has 0 aliphatic rings. The highest BCUT2D eigenvalue weighted by atomic mass is 32.1. The van der Waals surface area contributed by atoms with Gasteiger partial charge in [0, 0.05) is 5.39 Å². The lowest BCUT2D eigenvalue weighted by molar-refractivity contribution is -0.385. The van der Waals surface area contributed by atoms with Crippen LogP contribution in [-0.4, -0.2) is 20.1 Å². The first-order chi connectivity index (χ1) is 9.72. The highest BCUT2D eigenvalue weighted by Crippen LogP contribution is 2.19. The van der Waals surface area contributed by atoms with Gasteiger partial charge in [-0.1, -0.05) is 24.3 Å². The average molecular weight is 284 g/mol. The van der Waals surface area contributed by atoms with Crippen molar-refractivity contribution in [3.63, 3.8) is 0 Å². The van der Waals surface area contributed by atoms with E-state index in [2.05, 4.69) is 15.2 Å². The second-order valence-corrected chi connectivity index (χ2v) is 4.93. The summed E-state index contributed by atoms with van der Waals surface area (Å²) in [5, 5.41) is 19.0. The Bertz CT molecular complexity index is 813. The summed E-state index contributed by atoms with van der Waals surface area (Å²) in [6.45, 7) is 0. The standard InChI is InChI=1S/C13H8N4O2S/c18-17(19)13-16-15-12(20-13)8-7-10-6-5-9-3-1-2-4-11(9)14-10/h1-8H. The van der Waals surface area contributed by atoms with Gasteiger partial charge in [0.25, 0.3) is 0 Å². The molecule has 0 spiro atoms. The van der Waals surface area contributed by atoms with E-state index in [4.69, 9.17) is 0 Å². The maximum atomic E-state index is 10.5. The molecule has 0 aliphatic carbocycles. The molecule has 6 nitrogen and oxygen atoms in total. The van der Waals surface area contributed by atoms with Crippen molar-refractivity contribution in [1.29, 1.82) is 0 Å². The van der Waals surface area contributed by atoms with Gasteiger partial charge in [0.1, 0.15) is 0 Å². The van der Waals surface area contributed by atoms with Gasteiger partial charge in [-0.2, -0.15) is 0 Å². The molecule has 0 saturated heterocycles. The predicted octanol–water partition coefficient (Wildman–Crippen LogP) is 3.16. The minimum absolute atomic E-state index is 0.212. The molecule has 0 bridgehead atoms. The van der Waals surface area contributed by atoms with E-state index < -0.39 is 4.92 Å². The third-order valence-corrected chi connectivity index (χ3v) is 3.44. The van der Waals surface area contributed by atoms with Crippen LogP contribution in [0.15, 0.2) is 36.4 Å². The molecule has 20 heavy (non-hydrogen) atoms. The molecule has 0 aliphatic heterocycles. The minimum Gasteiger partial charge on any atom is -0.357 e. The molecular weight excluding hydrogens is 276 g/mol. The number of rotatable bonds is 3. The van der Waals surface area contributed by atoms with Gasteiger partial charge in [0.2, 0.25) is 0 Å². The van der Waals surface area contributed by atoms with Crippen molar-refractivity contribution >= 4 is 39.5 Å². The molecule has 0 fully saturated rings. The molecular formula is C13H8N4O2S. The number of para-hydroxylation sites is 1. The summed E-state index contributed by atoms with van der Waals surface area (Å²) in [5.74, 6) is 0. The van der Waals surface area contributed by atoms with Crippen molar-refractivity contribution < 1.29 is 4.92 Å². The molecule has 2 heterocycles. The van der Waals surface area contributed by atoms with Crippen LogP contribution in [0.2, 0.25) is 0 Å². The van der Waals surface area contributed by atoms with Gasteiger partial charge in [0.05, 0.1) is 16.3 Å². The summed E-state index contributed by atoms with van der Waals surface area (Å²) < 4.78 is 0. The first kappa shape index (κ1) is 12.4. The van der Waals surface area contributed by atoms with E-state index >= 15 is 0 Å². The fraction of sp³-hybridized carbons (Fsp3) is 0. The van der Waals surface area contributed by atoms with Gasteiger partial charge < -0.3 is 10.1 Å². The summed E-state index contributed by atoms with van der Waals surface area (Å²) in [6.07, 6.45) is 3.43. The molecule has 7 heteroatoms. The van der Waals surface area contributed by atoms with Crippen LogP contribution in [0.25, 0.3) is 23.1 Å². The normalized spacial score (nSPS) is 11.2. The number of hydrogen-bond acceptors (Lipinski definition) is 6. The maximum absolute atomic E-state index is 10.5. The quantitative estimate of drug-likeness (QED) is 0.545. The number of nitrogens with zero attached hydrogens (tertiary/aromatic N) is 4. The zero-order valence-corrected chi connectivity index (χ0v) is 10.9. The van der Waals surface area contributed by atoms with E-state index in [0.29, 0.717) is 5.01 Å². The first-order valence-corrected chi connectivity index (χ1v) is 6.56. The van der Waals surface area contributed by atoms with Crippen molar-refractivity contribution in [2.45, 2.75) is 0 Å². The van der Waals surface area contributed by atoms with E-state index in [1.807, 2.05) is 36.4 Å². The van der Waals surface area contributed by atoms with E-state index in [0.717, 1.165) is 27.9 Å². The summed E-state index contributed by atoms with van der Waals surface area (Å²) >= 11 is 0.928. The van der Waals surface area contributed by atoms with E-state index in [9.17, 15) is 10.1 Å². The Kier molecular flexibility index (Phi) is 3.18. The molecule has 98 valence electrons. The Balaban J connectivity index is 1.87. The number of pyridine rings is 1. The third kappa shape index (κ3) is 2.52.